The number of rotatable bonds is 0. The Hall–Kier alpha value is -1.97. The minimum absolute atomic E-state index is 0.267. The van der Waals surface area contributed by atoms with Gasteiger partial charge in [0, 0.05) is 12.0 Å². The number of carbonyl (C=O) groups excluding carboxylic acids is 1. The van der Waals surface area contributed by atoms with Crippen LogP contribution >= 0.6 is 0 Å². The van der Waals surface area contributed by atoms with Crippen LogP contribution < -0.4 is 0 Å². The van der Waals surface area contributed by atoms with Gasteiger partial charge in [0.2, 0.25) is 5.78 Å². The van der Waals surface area contributed by atoms with Crippen molar-refractivity contribution >= 4 is 5.78 Å². The zero-order valence-corrected chi connectivity index (χ0v) is 12.0. The highest BCUT2D eigenvalue weighted by atomic mass is 16.4. The molecule has 0 saturated heterocycles. The molecule has 21 heavy (non-hydrogen) atoms. The Morgan fingerprint density at radius 1 is 1.00 bits per heavy atom. The maximum Gasteiger partial charge on any atom is 0.202 e. The zero-order chi connectivity index (χ0) is 15.0. The van der Waals surface area contributed by atoms with E-state index in [0.29, 0.717) is 16.7 Å². The number of Topliss-reactive ketones (excluding diaryl/α,β-unsaturated/α-hetero) is 1. The Morgan fingerprint density at radius 2 is 1.67 bits per heavy atom. The van der Waals surface area contributed by atoms with E-state index in [1.165, 1.54) is 0 Å². The number of aliphatic hydroxyl groups is 2. The van der Waals surface area contributed by atoms with Crippen LogP contribution in [0.3, 0.4) is 0 Å². The first-order valence-electron chi connectivity index (χ1n) is 7.09. The van der Waals surface area contributed by atoms with Gasteiger partial charge in [-0.15, -0.1) is 0 Å². The highest BCUT2D eigenvalue weighted by Crippen LogP contribution is 2.57. The second-order valence-electron chi connectivity index (χ2n) is 6.22. The number of fused-ring (bicyclic) bond motifs is 5. The van der Waals surface area contributed by atoms with Crippen LogP contribution in [-0.4, -0.2) is 16.0 Å². The van der Waals surface area contributed by atoms with Gasteiger partial charge in [0.15, 0.2) is 5.60 Å². The summed E-state index contributed by atoms with van der Waals surface area (Å²) in [4.78, 5) is 12.8. The van der Waals surface area contributed by atoms with Gasteiger partial charge in [-0.1, -0.05) is 36.4 Å². The number of ketones is 1. The van der Waals surface area contributed by atoms with Gasteiger partial charge in [0.1, 0.15) is 5.60 Å². The minimum Gasteiger partial charge on any atom is -0.381 e. The van der Waals surface area contributed by atoms with Gasteiger partial charge < -0.3 is 10.2 Å². The molecular weight excluding hydrogens is 264 g/mol. The van der Waals surface area contributed by atoms with Crippen molar-refractivity contribution in [2.45, 2.75) is 31.5 Å². The van der Waals surface area contributed by atoms with Crippen molar-refractivity contribution in [3.63, 3.8) is 0 Å². The molecule has 2 aromatic carbocycles. The Kier molecular flexibility index (Phi) is 2.19. The summed E-state index contributed by atoms with van der Waals surface area (Å²) in [5.41, 5.74) is 1.06. The van der Waals surface area contributed by atoms with E-state index in [1.54, 1.807) is 24.3 Å². The zero-order valence-electron chi connectivity index (χ0n) is 12.0. The maximum atomic E-state index is 12.8. The largest absolute Gasteiger partial charge is 0.381 e. The number of hydrogen-bond donors (Lipinski definition) is 2. The van der Waals surface area contributed by atoms with Crippen LogP contribution in [0, 0.1) is 13.8 Å². The van der Waals surface area contributed by atoms with Gasteiger partial charge in [-0.05, 0) is 41.7 Å². The van der Waals surface area contributed by atoms with Gasteiger partial charge >= 0.3 is 0 Å². The molecule has 0 aromatic heterocycles. The minimum atomic E-state index is -1.86. The fourth-order valence-corrected chi connectivity index (χ4v) is 3.82. The summed E-state index contributed by atoms with van der Waals surface area (Å²) >= 11 is 0. The molecule has 0 spiro atoms. The van der Waals surface area contributed by atoms with Crippen LogP contribution in [0.5, 0.6) is 0 Å². The predicted octanol–water partition coefficient (Wildman–Crippen LogP) is 2.13. The first kappa shape index (κ1) is 12.7. The fourth-order valence-electron chi connectivity index (χ4n) is 3.82. The van der Waals surface area contributed by atoms with Crippen LogP contribution in [0.15, 0.2) is 36.4 Å². The lowest BCUT2D eigenvalue weighted by Crippen LogP contribution is -2.46. The molecular formula is C18H16O3. The summed E-state index contributed by atoms with van der Waals surface area (Å²) in [6.45, 7) is 3.94. The van der Waals surface area contributed by atoms with Crippen molar-refractivity contribution in [2.75, 3.05) is 0 Å². The molecule has 0 aliphatic heterocycles. The van der Waals surface area contributed by atoms with Crippen LogP contribution in [0.4, 0.5) is 0 Å². The van der Waals surface area contributed by atoms with E-state index in [-0.39, 0.29) is 6.42 Å². The average Bonchev–Trinajstić information content (AvgIpc) is 2.78. The first-order valence-corrected chi connectivity index (χ1v) is 7.09. The molecule has 2 aliphatic rings. The van der Waals surface area contributed by atoms with Gasteiger partial charge in [0.05, 0.1) is 0 Å². The predicted molar refractivity (Wildman–Crippen MR) is 78.2 cm³/mol. The maximum absolute atomic E-state index is 12.8. The molecule has 0 radical (unpaired) electrons. The van der Waals surface area contributed by atoms with Crippen molar-refractivity contribution in [2.24, 2.45) is 0 Å². The van der Waals surface area contributed by atoms with Crippen molar-refractivity contribution in [1.82, 2.24) is 0 Å². The van der Waals surface area contributed by atoms with Crippen molar-refractivity contribution in [3.05, 3.63) is 69.8 Å². The number of hydrogen-bond acceptors (Lipinski definition) is 3. The molecule has 3 nitrogen and oxygen atoms in total. The lowest BCUT2D eigenvalue weighted by atomic mass is 9.83. The standard InChI is InChI=1S/C18H16O3/c1-10-7-12-9-17(20)14-6-4-3-5-13(14)16(19)18(17,21)15(12)8-11(10)2/h3-8,20-21H,9H2,1-2H3. The van der Waals surface area contributed by atoms with Gasteiger partial charge in [-0.2, -0.15) is 0 Å². The van der Waals surface area contributed by atoms with E-state index in [2.05, 4.69) is 0 Å². The van der Waals surface area contributed by atoms with Crippen LogP contribution in [-0.2, 0) is 17.6 Å². The van der Waals surface area contributed by atoms with Gasteiger partial charge in [-0.25, -0.2) is 0 Å². The van der Waals surface area contributed by atoms with E-state index < -0.39 is 17.0 Å². The third kappa shape index (κ3) is 1.24. The summed E-state index contributed by atoms with van der Waals surface area (Å²) < 4.78 is 0. The monoisotopic (exact) mass is 280 g/mol. The van der Waals surface area contributed by atoms with E-state index in [1.807, 2.05) is 26.0 Å². The summed E-state index contributed by atoms with van der Waals surface area (Å²) in [6.07, 6.45) is 0.267. The summed E-state index contributed by atoms with van der Waals surface area (Å²) in [7, 11) is 0. The molecule has 0 amide bonds. The van der Waals surface area contributed by atoms with Crippen LogP contribution in [0.1, 0.15) is 38.2 Å². The van der Waals surface area contributed by atoms with Gasteiger partial charge in [0.25, 0.3) is 0 Å². The molecule has 0 bridgehead atoms. The lowest BCUT2D eigenvalue weighted by molar-refractivity contribution is -0.115. The third-order valence-electron chi connectivity index (χ3n) is 5.10. The Labute approximate surface area is 122 Å². The van der Waals surface area contributed by atoms with Crippen LogP contribution in [0.25, 0.3) is 0 Å². The van der Waals surface area contributed by atoms with E-state index in [0.717, 1.165) is 16.7 Å². The molecule has 2 unspecified atom stereocenters. The van der Waals surface area contributed by atoms with Gasteiger partial charge in [-0.3, -0.25) is 4.79 Å². The smallest absolute Gasteiger partial charge is 0.202 e. The Balaban J connectivity index is 2.06. The van der Waals surface area contributed by atoms with Crippen molar-refractivity contribution in [1.29, 1.82) is 0 Å². The lowest BCUT2D eigenvalue weighted by Gasteiger charge is -2.31. The molecule has 2 aromatic rings. The number of benzene rings is 2. The van der Waals surface area contributed by atoms with E-state index in [9.17, 15) is 15.0 Å². The molecule has 2 N–H and O–H groups in total. The van der Waals surface area contributed by atoms with Crippen LogP contribution in [0.2, 0.25) is 0 Å². The Morgan fingerprint density at radius 3 is 2.43 bits per heavy atom. The summed E-state index contributed by atoms with van der Waals surface area (Å²) in [5, 5.41) is 22.3. The molecule has 2 aliphatic carbocycles. The SMILES string of the molecule is Cc1cc2c(cc1C)C1(O)C(=O)c3ccccc3C1(O)C2. The Bertz CT molecular complexity index is 808. The highest BCUT2D eigenvalue weighted by molar-refractivity contribution is 6.09. The highest BCUT2D eigenvalue weighted by Gasteiger charge is 2.67. The molecule has 0 fully saturated rings. The van der Waals surface area contributed by atoms with Crippen molar-refractivity contribution in [3.8, 4) is 0 Å². The molecule has 2 atom stereocenters. The molecule has 3 heteroatoms. The molecule has 0 heterocycles. The second kappa shape index (κ2) is 3.62. The fraction of sp³-hybridized carbons (Fsp3) is 0.278. The van der Waals surface area contributed by atoms with Crippen molar-refractivity contribution < 1.29 is 15.0 Å². The first-order chi connectivity index (χ1) is 9.89. The summed E-state index contributed by atoms with van der Waals surface area (Å²) in [5.74, 6) is -0.400. The van der Waals surface area contributed by atoms with E-state index >= 15 is 0 Å². The summed E-state index contributed by atoms with van der Waals surface area (Å²) in [6, 6.07) is 10.8. The molecule has 4 rings (SSSR count). The topological polar surface area (TPSA) is 57.5 Å². The third-order valence-corrected chi connectivity index (χ3v) is 5.10. The normalized spacial score (nSPS) is 29.2. The average molecular weight is 280 g/mol. The molecule has 0 saturated carbocycles. The number of carbonyl (C=O) groups is 1. The molecule has 106 valence electrons. The second-order valence-corrected chi connectivity index (χ2v) is 6.22. The quantitative estimate of drug-likeness (QED) is 0.777. The van der Waals surface area contributed by atoms with E-state index in [4.69, 9.17) is 0 Å². The number of aryl methyl sites for hydroxylation is 2.